The van der Waals surface area contributed by atoms with Gasteiger partial charge in [0.2, 0.25) is 0 Å². The van der Waals surface area contributed by atoms with Crippen LogP contribution >= 0.6 is 0 Å². The summed E-state index contributed by atoms with van der Waals surface area (Å²) in [7, 11) is 4.03. The number of hydrogen-bond donors (Lipinski definition) is 1. The summed E-state index contributed by atoms with van der Waals surface area (Å²) >= 11 is 0. The van der Waals surface area contributed by atoms with Gasteiger partial charge in [-0.3, -0.25) is 0 Å². The summed E-state index contributed by atoms with van der Waals surface area (Å²) in [5, 5.41) is 3.32. The van der Waals surface area contributed by atoms with Crippen molar-refractivity contribution in [3.63, 3.8) is 0 Å². The number of hydrogen-bond acceptors (Lipinski definition) is 4. The Morgan fingerprint density at radius 2 is 2.29 bits per heavy atom. The molecule has 3 heterocycles. The van der Waals surface area contributed by atoms with Crippen LogP contribution in [-0.2, 0) is 7.05 Å². The van der Waals surface area contributed by atoms with Gasteiger partial charge in [0.05, 0.1) is 11.8 Å². The van der Waals surface area contributed by atoms with Crippen molar-refractivity contribution in [3.8, 4) is 0 Å². The number of nitrogens with one attached hydrogen (secondary N) is 1. The summed E-state index contributed by atoms with van der Waals surface area (Å²) in [5.41, 5.74) is 2.15. The molecule has 0 spiro atoms. The van der Waals surface area contributed by atoms with E-state index in [1.165, 1.54) is 6.42 Å². The molecule has 1 saturated heterocycles. The molecule has 1 aliphatic rings. The van der Waals surface area contributed by atoms with Crippen LogP contribution in [0.1, 0.15) is 6.42 Å². The van der Waals surface area contributed by atoms with Crippen LogP contribution in [0.25, 0.3) is 11.0 Å². The fourth-order valence-corrected chi connectivity index (χ4v) is 2.47. The van der Waals surface area contributed by atoms with Crippen molar-refractivity contribution < 1.29 is 0 Å². The van der Waals surface area contributed by atoms with Gasteiger partial charge in [0, 0.05) is 32.4 Å². The van der Waals surface area contributed by atoms with Gasteiger partial charge in [-0.2, -0.15) is 0 Å². The zero-order valence-electron chi connectivity index (χ0n) is 10.2. The van der Waals surface area contributed by atoms with E-state index < -0.39 is 0 Å². The summed E-state index contributed by atoms with van der Waals surface area (Å²) < 4.78 is 2.03. The number of fused-ring (bicyclic) bond motifs is 1. The summed E-state index contributed by atoms with van der Waals surface area (Å²) in [6.07, 6.45) is 4.88. The molecule has 0 saturated carbocycles. The Labute approximate surface area is 100 Å². The molecule has 0 radical (unpaired) electrons. The van der Waals surface area contributed by atoms with E-state index in [1.807, 2.05) is 37.3 Å². The van der Waals surface area contributed by atoms with E-state index in [9.17, 15) is 0 Å². The summed E-state index contributed by atoms with van der Waals surface area (Å²) in [6, 6.07) is 2.58. The van der Waals surface area contributed by atoms with Crippen LogP contribution in [0.5, 0.6) is 0 Å². The second-order valence-electron chi connectivity index (χ2n) is 4.58. The maximum atomic E-state index is 4.49. The number of anilines is 1. The maximum Gasteiger partial charge on any atom is 0.156 e. The minimum Gasteiger partial charge on any atom is -0.353 e. The lowest BCUT2D eigenvalue weighted by atomic mass is 10.3. The van der Waals surface area contributed by atoms with Crippen molar-refractivity contribution in [2.75, 3.05) is 25.0 Å². The highest BCUT2D eigenvalue weighted by atomic mass is 15.2. The third-order valence-corrected chi connectivity index (χ3v) is 3.52. The van der Waals surface area contributed by atoms with Gasteiger partial charge in [-0.1, -0.05) is 0 Å². The largest absolute Gasteiger partial charge is 0.353 e. The standard InChI is InChI=1S/C12H17N5/c1-13-9-4-6-17(7-9)12-11-10(3-5-14-12)16(2)8-15-11/h3,5,8-9,13H,4,6-7H2,1-2H3. The Morgan fingerprint density at radius 3 is 3.06 bits per heavy atom. The second-order valence-corrected chi connectivity index (χ2v) is 4.58. The molecule has 0 bridgehead atoms. The monoisotopic (exact) mass is 231 g/mol. The number of rotatable bonds is 2. The van der Waals surface area contributed by atoms with Crippen LogP contribution < -0.4 is 10.2 Å². The first-order chi connectivity index (χ1) is 8.29. The molecule has 1 atom stereocenters. The van der Waals surface area contributed by atoms with E-state index >= 15 is 0 Å². The zero-order valence-corrected chi connectivity index (χ0v) is 10.2. The first-order valence-corrected chi connectivity index (χ1v) is 5.98. The fourth-order valence-electron chi connectivity index (χ4n) is 2.47. The van der Waals surface area contributed by atoms with Crippen molar-refractivity contribution in [2.45, 2.75) is 12.5 Å². The van der Waals surface area contributed by atoms with Crippen molar-refractivity contribution >= 4 is 16.9 Å². The molecule has 1 fully saturated rings. The molecule has 17 heavy (non-hydrogen) atoms. The number of nitrogens with zero attached hydrogens (tertiary/aromatic N) is 4. The lowest BCUT2D eigenvalue weighted by Gasteiger charge is -2.17. The minimum absolute atomic E-state index is 0.566. The molecule has 5 heteroatoms. The summed E-state index contributed by atoms with van der Waals surface area (Å²) in [6.45, 7) is 2.06. The SMILES string of the molecule is CNC1CCN(c2nccc3c2ncn3C)C1. The summed E-state index contributed by atoms with van der Waals surface area (Å²) in [5.74, 6) is 1.01. The van der Waals surface area contributed by atoms with Gasteiger partial charge in [-0.05, 0) is 19.5 Å². The van der Waals surface area contributed by atoms with Crippen molar-refractivity contribution in [1.29, 1.82) is 0 Å². The molecular weight excluding hydrogens is 214 g/mol. The number of aromatic nitrogens is 3. The first kappa shape index (κ1) is 10.5. The van der Waals surface area contributed by atoms with Gasteiger partial charge in [-0.15, -0.1) is 0 Å². The van der Waals surface area contributed by atoms with Crippen LogP contribution in [0.3, 0.4) is 0 Å². The number of imidazole rings is 1. The number of pyridine rings is 1. The highest BCUT2D eigenvalue weighted by Gasteiger charge is 2.24. The van der Waals surface area contributed by atoms with Gasteiger partial charge < -0.3 is 14.8 Å². The quantitative estimate of drug-likeness (QED) is 0.829. The first-order valence-electron chi connectivity index (χ1n) is 5.98. The van der Waals surface area contributed by atoms with E-state index in [1.54, 1.807) is 0 Å². The molecule has 0 amide bonds. The predicted octanol–water partition coefficient (Wildman–Crippen LogP) is 0.766. The van der Waals surface area contributed by atoms with Crippen LogP contribution in [0.15, 0.2) is 18.6 Å². The fraction of sp³-hybridized carbons (Fsp3) is 0.500. The van der Waals surface area contributed by atoms with E-state index in [0.29, 0.717) is 6.04 Å². The third kappa shape index (κ3) is 1.67. The van der Waals surface area contributed by atoms with Crippen LogP contribution in [0.4, 0.5) is 5.82 Å². The van der Waals surface area contributed by atoms with Gasteiger partial charge >= 0.3 is 0 Å². The van der Waals surface area contributed by atoms with Gasteiger partial charge in [0.15, 0.2) is 5.82 Å². The topological polar surface area (TPSA) is 46.0 Å². The van der Waals surface area contributed by atoms with Gasteiger partial charge in [0.25, 0.3) is 0 Å². The molecule has 2 aromatic heterocycles. The molecule has 0 aromatic carbocycles. The Kier molecular flexibility index (Phi) is 2.48. The van der Waals surface area contributed by atoms with Gasteiger partial charge in [0.1, 0.15) is 5.52 Å². The van der Waals surface area contributed by atoms with Crippen molar-refractivity contribution in [1.82, 2.24) is 19.9 Å². The Morgan fingerprint density at radius 1 is 1.41 bits per heavy atom. The predicted molar refractivity (Wildman–Crippen MR) is 68.2 cm³/mol. The normalized spacial score (nSPS) is 20.4. The highest BCUT2D eigenvalue weighted by Crippen LogP contribution is 2.25. The lowest BCUT2D eigenvalue weighted by molar-refractivity contribution is 0.616. The number of likely N-dealkylation sites (N-methyl/N-ethyl adjacent to an activating group) is 1. The number of aryl methyl sites for hydroxylation is 1. The molecule has 1 unspecified atom stereocenters. The highest BCUT2D eigenvalue weighted by molar-refractivity contribution is 5.86. The Hall–Kier alpha value is -1.62. The molecule has 90 valence electrons. The molecule has 1 N–H and O–H groups in total. The van der Waals surface area contributed by atoms with E-state index in [0.717, 1.165) is 29.9 Å². The van der Waals surface area contributed by atoms with Crippen molar-refractivity contribution in [2.24, 2.45) is 7.05 Å². The van der Waals surface area contributed by atoms with E-state index in [4.69, 9.17) is 0 Å². The van der Waals surface area contributed by atoms with E-state index in [-0.39, 0.29) is 0 Å². The Bertz CT molecular complexity index is 533. The van der Waals surface area contributed by atoms with Crippen molar-refractivity contribution in [3.05, 3.63) is 18.6 Å². The van der Waals surface area contributed by atoms with E-state index in [2.05, 4.69) is 20.2 Å². The average Bonchev–Trinajstić information content (AvgIpc) is 2.96. The molecular formula is C12H17N5. The Balaban J connectivity index is 2.00. The molecule has 5 nitrogen and oxygen atoms in total. The zero-order chi connectivity index (χ0) is 11.8. The molecule has 3 rings (SSSR count). The van der Waals surface area contributed by atoms with Gasteiger partial charge in [-0.25, -0.2) is 9.97 Å². The minimum atomic E-state index is 0.566. The lowest BCUT2D eigenvalue weighted by Crippen LogP contribution is -2.29. The smallest absolute Gasteiger partial charge is 0.156 e. The molecule has 1 aliphatic heterocycles. The average molecular weight is 231 g/mol. The van der Waals surface area contributed by atoms with Crippen LogP contribution in [-0.4, -0.2) is 40.7 Å². The summed E-state index contributed by atoms with van der Waals surface area (Å²) in [4.78, 5) is 11.3. The maximum absolute atomic E-state index is 4.49. The van der Waals surface area contributed by atoms with Crippen LogP contribution in [0.2, 0.25) is 0 Å². The molecule has 2 aromatic rings. The van der Waals surface area contributed by atoms with Crippen LogP contribution in [0, 0.1) is 0 Å². The molecule has 0 aliphatic carbocycles. The second kappa shape index (κ2) is 4.00. The third-order valence-electron chi connectivity index (χ3n) is 3.52.